The summed E-state index contributed by atoms with van der Waals surface area (Å²) in [6.45, 7) is 1.40. The highest BCUT2D eigenvalue weighted by Crippen LogP contribution is 2.01. The first-order valence-electron chi connectivity index (χ1n) is 4.59. The molecule has 1 unspecified atom stereocenters. The number of carbonyl (C=O) groups excluding carboxylic acids is 2. The van der Waals surface area contributed by atoms with Crippen LogP contribution in [0, 0.1) is 0 Å². The maximum atomic E-state index is 11.2. The minimum Gasteiger partial charge on any atom is -0.466 e. The predicted octanol–water partition coefficient (Wildman–Crippen LogP) is -0.290. The number of hydrogen-bond donors (Lipinski definition) is 1. The van der Waals surface area contributed by atoms with Gasteiger partial charge in [0.2, 0.25) is 5.91 Å². The normalized spacial score (nSPS) is 12.0. The Balaban J connectivity index is 3.68. The molecule has 0 radical (unpaired) electrons. The summed E-state index contributed by atoms with van der Waals surface area (Å²) in [5.74, 6) is -0.727. The number of hydrogen-bond acceptors (Lipinski definition) is 5. The predicted molar refractivity (Wildman–Crippen MR) is 51.7 cm³/mol. The lowest BCUT2D eigenvalue weighted by atomic mass is 10.2. The molecule has 0 fully saturated rings. The van der Waals surface area contributed by atoms with E-state index in [0.717, 1.165) is 5.06 Å². The molecule has 0 aromatic carbocycles. The Hall–Kier alpha value is -1.14. The van der Waals surface area contributed by atoms with E-state index >= 15 is 0 Å². The number of aliphatic hydroxyl groups excluding tert-OH is 1. The van der Waals surface area contributed by atoms with E-state index in [2.05, 4.69) is 9.57 Å². The molecule has 0 aromatic heterocycles. The molecule has 15 heavy (non-hydrogen) atoms. The van der Waals surface area contributed by atoms with Gasteiger partial charge in [0.1, 0.15) is 0 Å². The fourth-order valence-corrected chi connectivity index (χ4v) is 0.873. The van der Waals surface area contributed by atoms with Gasteiger partial charge in [-0.15, -0.1) is 0 Å². The quantitative estimate of drug-likeness (QED) is 0.490. The Morgan fingerprint density at radius 1 is 1.47 bits per heavy atom. The van der Waals surface area contributed by atoms with Crippen molar-refractivity contribution in [2.75, 3.05) is 20.8 Å². The molecule has 6 heteroatoms. The Kier molecular flexibility index (Phi) is 6.64. The van der Waals surface area contributed by atoms with Crippen molar-refractivity contribution < 1.29 is 24.3 Å². The Morgan fingerprint density at radius 3 is 2.53 bits per heavy atom. The second-order valence-corrected chi connectivity index (χ2v) is 3.06. The van der Waals surface area contributed by atoms with Crippen LogP contribution in [0.1, 0.15) is 19.8 Å². The minimum absolute atomic E-state index is 0.0500. The van der Waals surface area contributed by atoms with Gasteiger partial charge in [0.15, 0.2) is 0 Å². The van der Waals surface area contributed by atoms with E-state index in [1.54, 1.807) is 0 Å². The van der Waals surface area contributed by atoms with Crippen molar-refractivity contribution in [3.8, 4) is 0 Å². The summed E-state index contributed by atoms with van der Waals surface area (Å²) < 4.78 is 4.63. The highest BCUT2D eigenvalue weighted by atomic mass is 16.7. The van der Waals surface area contributed by atoms with Crippen LogP contribution in [-0.2, 0) is 19.2 Å². The molecular formula is C9H17NO5. The van der Waals surface area contributed by atoms with Crippen molar-refractivity contribution in [3.63, 3.8) is 0 Å². The Morgan fingerprint density at radius 2 is 2.07 bits per heavy atom. The van der Waals surface area contributed by atoms with Crippen molar-refractivity contribution in [2.24, 2.45) is 0 Å². The molecule has 0 rings (SSSR count). The van der Waals surface area contributed by atoms with Crippen LogP contribution in [0.25, 0.3) is 0 Å². The average molecular weight is 219 g/mol. The average Bonchev–Trinajstić information content (AvgIpc) is 2.15. The number of rotatable bonds is 6. The van der Waals surface area contributed by atoms with E-state index < -0.39 is 12.1 Å². The lowest BCUT2D eigenvalue weighted by molar-refractivity contribution is -0.170. The summed E-state index contributed by atoms with van der Waals surface area (Å²) in [6.07, 6.45) is -0.636. The van der Waals surface area contributed by atoms with Crippen LogP contribution in [-0.4, -0.2) is 48.9 Å². The lowest BCUT2D eigenvalue weighted by Gasteiger charge is -2.16. The fraction of sp³-hybridized carbons (Fsp3) is 0.778. The van der Waals surface area contributed by atoms with Gasteiger partial charge in [0.25, 0.3) is 0 Å². The summed E-state index contributed by atoms with van der Waals surface area (Å²) >= 11 is 0. The SMILES string of the molecule is CON(C)C(=O)CC(O)CCOC(C)=O. The molecule has 1 atom stereocenters. The van der Waals surface area contributed by atoms with E-state index in [9.17, 15) is 14.7 Å². The van der Waals surface area contributed by atoms with Crippen molar-refractivity contribution >= 4 is 11.9 Å². The largest absolute Gasteiger partial charge is 0.466 e. The number of carbonyl (C=O) groups is 2. The maximum Gasteiger partial charge on any atom is 0.302 e. The van der Waals surface area contributed by atoms with Crippen LogP contribution in [0.15, 0.2) is 0 Å². The number of amides is 1. The zero-order chi connectivity index (χ0) is 11.8. The lowest BCUT2D eigenvalue weighted by Crippen LogP contribution is -2.29. The van der Waals surface area contributed by atoms with Gasteiger partial charge in [-0.05, 0) is 0 Å². The van der Waals surface area contributed by atoms with Crippen LogP contribution < -0.4 is 0 Å². The van der Waals surface area contributed by atoms with Gasteiger partial charge in [-0.3, -0.25) is 14.4 Å². The first-order chi connectivity index (χ1) is 6.97. The van der Waals surface area contributed by atoms with Crippen LogP contribution in [0.5, 0.6) is 0 Å². The first kappa shape index (κ1) is 13.9. The first-order valence-corrected chi connectivity index (χ1v) is 4.59. The summed E-state index contributed by atoms with van der Waals surface area (Å²) in [5.41, 5.74) is 0. The van der Waals surface area contributed by atoms with Gasteiger partial charge in [-0.25, -0.2) is 5.06 Å². The van der Waals surface area contributed by atoms with Crippen LogP contribution in [0.4, 0.5) is 0 Å². The molecule has 0 bridgehead atoms. The minimum atomic E-state index is -0.825. The summed E-state index contributed by atoms with van der Waals surface area (Å²) in [4.78, 5) is 26.3. The van der Waals surface area contributed by atoms with Crippen molar-refractivity contribution in [1.82, 2.24) is 5.06 Å². The van der Waals surface area contributed by atoms with Crippen molar-refractivity contribution in [1.29, 1.82) is 0 Å². The third kappa shape index (κ3) is 6.87. The van der Waals surface area contributed by atoms with E-state index in [1.165, 1.54) is 21.1 Å². The molecule has 0 aliphatic heterocycles. The van der Waals surface area contributed by atoms with Gasteiger partial charge in [-0.1, -0.05) is 0 Å². The molecule has 0 heterocycles. The maximum absolute atomic E-state index is 11.2. The van der Waals surface area contributed by atoms with Gasteiger partial charge < -0.3 is 9.84 Å². The van der Waals surface area contributed by atoms with Crippen LogP contribution in [0.2, 0.25) is 0 Å². The van der Waals surface area contributed by atoms with Crippen LogP contribution in [0.3, 0.4) is 0 Å². The number of nitrogens with zero attached hydrogens (tertiary/aromatic N) is 1. The summed E-state index contributed by atoms with van der Waals surface area (Å²) in [6, 6.07) is 0. The fourth-order valence-electron chi connectivity index (χ4n) is 0.873. The van der Waals surface area contributed by atoms with Gasteiger partial charge >= 0.3 is 5.97 Å². The van der Waals surface area contributed by atoms with E-state index in [1.807, 2.05) is 0 Å². The molecule has 0 spiro atoms. The number of ether oxygens (including phenoxy) is 1. The van der Waals surface area contributed by atoms with E-state index in [-0.39, 0.29) is 25.4 Å². The van der Waals surface area contributed by atoms with Crippen molar-refractivity contribution in [2.45, 2.75) is 25.9 Å². The number of aliphatic hydroxyl groups is 1. The van der Waals surface area contributed by atoms with Gasteiger partial charge in [-0.2, -0.15) is 0 Å². The van der Waals surface area contributed by atoms with Gasteiger partial charge in [0.05, 0.1) is 26.2 Å². The molecule has 6 nitrogen and oxygen atoms in total. The molecule has 1 N–H and O–H groups in total. The molecule has 0 saturated heterocycles. The molecule has 0 aromatic rings. The highest BCUT2D eigenvalue weighted by molar-refractivity contribution is 5.75. The Bertz CT molecular complexity index is 219. The molecule has 88 valence electrons. The second kappa shape index (κ2) is 7.19. The third-order valence-corrected chi connectivity index (χ3v) is 1.79. The smallest absolute Gasteiger partial charge is 0.302 e. The standard InChI is InChI=1S/C9H17NO5/c1-7(11)15-5-4-8(12)6-9(13)10(2)14-3/h8,12H,4-6H2,1-3H3. The number of hydroxylamine groups is 2. The second-order valence-electron chi connectivity index (χ2n) is 3.06. The van der Waals surface area contributed by atoms with Gasteiger partial charge in [0, 0.05) is 20.4 Å². The van der Waals surface area contributed by atoms with Crippen molar-refractivity contribution in [3.05, 3.63) is 0 Å². The molecule has 1 amide bonds. The number of esters is 1. The van der Waals surface area contributed by atoms with E-state index in [0.29, 0.717) is 0 Å². The monoisotopic (exact) mass is 219 g/mol. The topological polar surface area (TPSA) is 76.1 Å². The Labute approximate surface area is 88.7 Å². The highest BCUT2D eigenvalue weighted by Gasteiger charge is 2.14. The van der Waals surface area contributed by atoms with E-state index in [4.69, 9.17) is 0 Å². The zero-order valence-corrected chi connectivity index (χ0v) is 9.23. The molecular weight excluding hydrogens is 202 g/mol. The zero-order valence-electron chi connectivity index (χ0n) is 9.23. The molecule has 0 aliphatic rings. The summed E-state index contributed by atoms with van der Waals surface area (Å²) in [5, 5.41) is 10.4. The molecule has 0 aliphatic carbocycles. The summed E-state index contributed by atoms with van der Waals surface area (Å²) in [7, 11) is 2.82. The van der Waals surface area contributed by atoms with Crippen LogP contribution >= 0.6 is 0 Å². The molecule has 0 saturated carbocycles. The third-order valence-electron chi connectivity index (χ3n) is 1.79.